The van der Waals surface area contributed by atoms with Crippen LogP contribution in [0.3, 0.4) is 0 Å². The molecule has 0 bridgehead atoms. The number of aliphatic hydroxyl groups is 1. The maximum Gasteiger partial charge on any atom is 0.320 e. The Morgan fingerprint density at radius 1 is 1.50 bits per heavy atom. The van der Waals surface area contributed by atoms with Gasteiger partial charge in [-0.3, -0.25) is 4.79 Å². The lowest BCUT2D eigenvalue weighted by molar-refractivity contribution is -0.142. The van der Waals surface area contributed by atoms with Crippen molar-refractivity contribution in [2.45, 2.75) is 6.92 Å². The predicted octanol–water partition coefficient (Wildman–Crippen LogP) is 0.239. The number of hydrogen-bond donors (Lipinski definition) is 2. The van der Waals surface area contributed by atoms with Crippen LogP contribution in [0.5, 0.6) is 0 Å². The van der Waals surface area contributed by atoms with Gasteiger partial charge in [-0.05, 0) is 5.92 Å². The van der Waals surface area contributed by atoms with E-state index in [4.69, 9.17) is 10.2 Å². The number of carbonyl (C=O) groups excluding carboxylic acids is 1. The minimum Gasteiger partial charge on any atom is -0.481 e. The first-order valence-electron chi connectivity index (χ1n) is 5.99. The molecule has 0 aromatic rings. The zero-order valence-corrected chi connectivity index (χ0v) is 10.6. The molecule has 0 saturated carbocycles. The summed E-state index contributed by atoms with van der Waals surface area (Å²) < 4.78 is 0. The molecule has 0 aromatic carbocycles. The first-order valence-corrected chi connectivity index (χ1v) is 5.99. The minimum absolute atomic E-state index is 0.0499. The number of aliphatic hydroxyl groups excluding tert-OH is 1. The third-order valence-corrected chi connectivity index (χ3v) is 3.19. The molecule has 1 rings (SSSR count). The summed E-state index contributed by atoms with van der Waals surface area (Å²) in [6, 6.07) is -0.237. The van der Waals surface area contributed by atoms with Crippen molar-refractivity contribution in [3.63, 3.8) is 0 Å². The molecule has 1 saturated heterocycles. The summed E-state index contributed by atoms with van der Waals surface area (Å²) >= 11 is 0. The van der Waals surface area contributed by atoms with E-state index in [0.717, 1.165) is 0 Å². The van der Waals surface area contributed by atoms with Gasteiger partial charge < -0.3 is 20.0 Å². The number of nitrogens with zero attached hydrogens (tertiary/aromatic N) is 2. The van der Waals surface area contributed by atoms with Crippen LogP contribution in [0.2, 0.25) is 0 Å². The standard InChI is InChI=1S/C12H20N2O4/c1-3-4-13(5-6-15)12(18)14-7-9(2)10(8-14)11(16)17/h3,9-10,15H,1,4-8H2,2H3,(H,16,17). The van der Waals surface area contributed by atoms with Crippen LogP contribution in [0.25, 0.3) is 0 Å². The molecule has 0 radical (unpaired) electrons. The van der Waals surface area contributed by atoms with Crippen molar-refractivity contribution in [2.24, 2.45) is 11.8 Å². The lowest BCUT2D eigenvalue weighted by Gasteiger charge is -2.26. The second-order valence-corrected chi connectivity index (χ2v) is 4.57. The highest BCUT2D eigenvalue weighted by molar-refractivity contribution is 5.78. The highest BCUT2D eigenvalue weighted by Crippen LogP contribution is 2.24. The van der Waals surface area contributed by atoms with Crippen molar-refractivity contribution in [3.8, 4) is 0 Å². The van der Waals surface area contributed by atoms with Crippen LogP contribution in [0.4, 0.5) is 4.79 Å². The van der Waals surface area contributed by atoms with Crippen LogP contribution in [-0.4, -0.2) is 64.8 Å². The highest BCUT2D eigenvalue weighted by Gasteiger charge is 2.38. The molecule has 1 aliphatic rings. The second-order valence-electron chi connectivity index (χ2n) is 4.57. The molecule has 18 heavy (non-hydrogen) atoms. The van der Waals surface area contributed by atoms with E-state index in [1.54, 1.807) is 6.08 Å². The molecule has 102 valence electrons. The molecule has 2 N–H and O–H groups in total. The van der Waals surface area contributed by atoms with Crippen molar-refractivity contribution in [1.82, 2.24) is 9.80 Å². The molecule has 1 heterocycles. The van der Waals surface area contributed by atoms with E-state index in [9.17, 15) is 9.59 Å². The zero-order chi connectivity index (χ0) is 13.7. The first kappa shape index (κ1) is 14.5. The lowest BCUT2D eigenvalue weighted by atomic mass is 9.99. The van der Waals surface area contributed by atoms with E-state index in [1.165, 1.54) is 9.80 Å². The van der Waals surface area contributed by atoms with E-state index in [1.807, 2.05) is 6.92 Å². The maximum atomic E-state index is 12.1. The Morgan fingerprint density at radius 3 is 2.61 bits per heavy atom. The van der Waals surface area contributed by atoms with Gasteiger partial charge in [0, 0.05) is 26.2 Å². The van der Waals surface area contributed by atoms with E-state index in [-0.39, 0.29) is 31.6 Å². The smallest absolute Gasteiger partial charge is 0.320 e. The summed E-state index contributed by atoms with van der Waals surface area (Å²) in [6.45, 7) is 6.52. The van der Waals surface area contributed by atoms with Gasteiger partial charge in [-0.1, -0.05) is 13.0 Å². The molecule has 2 amide bonds. The van der Waals surface area contributed by atoms with Crippen LogP contribution < -0.4 is 0 Å². The Bertz CT molecular complexity index is 332. The van der Waals surface area contributed by atoms with Crippen LogP contribution in [-0.2, 0) is 4.79 Å². The van der Waals surface area contributed by atoms with Gasteiger partial charge in [0.1, 0.15) is 0 Å². The van der Waals surface area contributed by atoms with Gasteiger partial charge in [0.15, 0.2) is 0 Å². The molecule has 6 nitrogen and oxygen atoms in total. The Labute approximate surface area is 106 Å². The number of hydrogen-bond acceptors (Lipinski definition) is 3. The van der Waals surface area contributed by atoms with Crippen molar-refractivity contribution in [2.75, 3.05) is 32.8 Å². The number of urea groups is 1. The predicted molar refractivity (Wildman–Crippen MR) is 66.1 cm³/mol. The summed E-state index contributed by atoms with van der Waals surface area (Å²) in [6.07, 6.45) is 1.59. The van der Waals surface area contributed by atoms with E-state index in [0.29, 0.717) is 13.1 Å². The Hall–Kier alpha value is -1.56. The summed E-state index contributed by atoms with van der Waals surface area (Å²) in [5.74, 6) is -1.42. The molecule has 0 aliphatic carbocycles. The average Bonchev–Trinajstić information content (AvgIpc) is 2.70. The summed E-state index contributed by atoms with van der Waals surface area (Å²) in [5, 5.41) is 17.9. The number of carboxylic acids is 1. The molecule has 1 fully saturated rings. The van der Waals surface area contributed by atoms with Crippen LogP contribution >= 0.6 is 0 Å². The topological polar surface area (TPSA) is 81.1 Å². The number of carboxylic acid groups (broad SMARTS) is 1. The fraction of sp³-hybridized carbons (Fsp3) is 0.667. The second kappa shape index (κ2) is 6.39. The van der Waals surface area contributed by atoms with E-state index < -0.39 is 11.9 Å². The van der Waals surface area contributed by atoms with Crippen LogP contribution in [0.15, 0.2) is 12.7 Å². The zero-order valence-electron chi connectivity index (χ0n) is 10.6. The van der Waals surface area contributed by atoms with Gasteiger partial charge in [-0.25, -0.2) is 4.79 Å². The van der Waals surface area contributed by atoms with Gasteiger partial charge >= 0.3 is 12.0 Å². The molecule has 6 heteroatoms. The van der Waals surface area contributed by atoms with Gasteiger partial charge in [0.2, 0.25) is 0 Å². The monoisotopic (exact) mass is 256 g/mol. The first-order chi connectivity index (χ1) is 8.51. The van der Waals surface area contributed by atoms with E-state index in [2.05, 4.69) is 6.58 Å². The van der Waals surface area contributed by atoms with Crippen molar-refractivity contribution in [1.29, 1.82) is 0 Å². The molecular formula is C12H20N2O4. The summed E-state index contributed by atoms with van der Waals surface area (Å²) in [4.78, 5) is 26.1. The number of amides is 2. The fourth-order valence-corrected chi connectivity index (χ4v) is 2.19. The minimum atomic E-state index is -0.866. The van der Waals surface area contributed by atoms with E-state index >= 15 is 0 Å². The number of rotatable bonds is 5. The SMILES string of the molecule is C=CCN(CCO)C(=O)N1CC(C)C(C(=O)O)C1. The number of likely N-dealkylation sites (tertiary alicyclic amines) is 1. The van der Waals surface area contributed by atoms with Crippen molar-refractivity contribution >= 4 is 12.0 Å². The third kappa shape index (κ3) is 3.22. The third-order valence-electron chi connectivity index (χ3n) is 3.19. The summed E-state index contributed by atoms with van der Waals surface area (Å²) in [7, 11) is 0. The fourth-order valence-electron chi connectivity index (χ4n) is 2.19. The normalized spacial score (nSPS) is 22.9. The summed E-state index contributed by atoms with van der Waals surface area (Å²) in [5.41, 5.74) is 0. The van der Waals surface area contributed by atoms with Gasteiger partial charge in [0.25, 0.3) is 0 Å². The molecule has 0 spiro atoms. The Morgan fingerprint density at radius 2 is 2.17 bits per heavy atom. The van der Waals surface area contributed by atoms with Crippen LogP contribution in [0, 0.1) is 11.8 Å². The van der Waals surface area contributed by atoms with Crippen molar-refractivity contribution < 1.29 is 19.8 Å². The van der Waals surface area contributed by atoms with Gasteiger partial charge in [0.05, 0.1) is 12.5 Å². The molecule has 2 unspecified atom stereocenters. The van der Waals surface area contributed by atoms with Gasteiger partial charge in [-0.2, -0.15) is 0 Å². The molecule has 1 aliphatic heterocycles. The lowest BCUT2D eigenvalue weighted by Crippen LogP contribution is -2.43. The highest BCUT2D eigenvalue weighted by atomic mass is 16.4. The quantitative estimate of drug-likeness (QED) is 0.690. The van der Waals surface area contributed by atoms with Gasteiger partial charge in [-0.15, -0.1) is 6.58 Å². The molecule has 0 aromatic heterocycles. The Balaban J connectivity index is 2.66. The number of aliphatic carboxylic acids is 1. The van der Waals surface area contributed by atoms with Crippen LogP contribution in [0.1, 0.15) is 6.92 Å². The molecule has 2 atom stereocenters. The Kier molecular flexibility index (Phi) is 5.15. The maximum absolute atomic E-state index is 12.1. The number of carbonyl (C=O) groups is 2. The average molecular weight is 256 g/mol. The molecular weight excluding hydrogens is 236 g/mol. The van der Waals surface area contributed by atoms with Crippen molar-refractivity contribution in [3.05, 3.63) is 12.7 Å². The largest absolute Gasteiger partial charge is 0.481 e.